The number of unbranched alkanes of at least 4 members (excludes halogenated alkanes) is 55. The van der Waals surface area contributed by atoms with Gasteiger partial charge in [-0.15, -0.1) is 0 Å². The molecule has 0 bridgehead atoms. The second kappa shape index (κ2) is 70.2. The minimum atomic E-state index is -1.98. The molecule has 0 aromatic rings. The molecule has 17 atom stereocenters. The summed E-state index contributed by atoms with van der Waals surface area (Å²) in [5, 5.41) is 121. The van der Waals surface area contributed by atoms with Crippen molar-refractivity contribution in [1.29, 1.82) is 0 Å². The SMILES string of the molecule is CCCCCCCCCCCCCCCCC/C=C/CC/C=C/CC/C=C/C(O)C(COC1OC(CO)C(OC2OC(CO)C(OC3OC(CO)C(O)C(O)C3O)C(O)C2O)C(O)C1O)NC(=O)CCCCCCCCCCCCCCCCCCCCCCCCCCCCCCCCCCCCCCCCC. The van der Waals surface area contributed by atoms with Crippen molar-refractivity contribution in [2.24, 2.45) is 0 Å². The summed E-state index contributed by atoms with van der Waals surface area (Å²) in [4.78, 5) is 13.5. The van der Waals surface area contributed by atoms with E-state index in [1.807, 2.05) is 6.08 Å². The van der Waals surface area contributed by atoms with E-state index in [-0.39, 0.29) is 18.9 Å². The third-order valence-corrected chi connectivity index (χ3v) is 22.9. The topological polar surface area (TPSA) is 307 Å². The average molecular weight is 1550 g/mol. The highest BCUT2D eigenvalue weighted by atomic mass is 16.8. The predicted octanol–water partition coefficient (Wildman–Crippen LogP) is 17.4. The monoisotopic (exact) mass is 1550 g/mol. The van der Waals surface area contributed by atoms with Crippen LogP contribution in [0.3, 0.4) is 0 Å². The van der Waals surface area contributed by atoms with Gasteiger partial charge in [-0.3, -0.25) is 4.79 Å². The number of rotatable bonds is 75. The van der Waals surface area contributed by atoms with Crippen molar-refractivity contribution in [3.63, 3.8) is 0 Å². The van der Waals surface area contributed by atoms with E-state index in [1.54, 1.807) is 6.08 Å². The minimum Gasteiger partial charge on any atom is -0.394 e. The summed E-state index contributed by atoms with van der Waals surface area (Å²) in [5.41, 5.74) is 0. The molecule has 3 fully saturated rings. The smallest absolute Gasteiger partial charge is 0.220 e. The number of aliphatic hydroxyl groups excluding tert-OH is 11. The molecule has 3 rings (SSSR count). The maximum Gasteiger partial charge on any atom is 0.220 e. The Kier molecular flexibility index (Phi) is 65.2. The van der Waals surface area contributed by atoms with E-state index in [4.69, 9.17) is 28.4 Å². The van der Waals surface area contributed by atoms with Crippen LogP contribution in [-0.4, -0.2) is 193 Å². The van der Waals surface area contributed by atoms with Gasteiger partial charge in [0.1, 0.15) is 73.2 Å². The lowest BCUT2D eigenvalue weighted by atomic mass is 9.96. The van der Waals surface area contributed by atoms with Crippen molar-refractivity contribution in [2.75, 3.05) is 26.4 Å². The Balaban J connectivity index is 1.31. The van der Waals surface area contributed by atoms with Gasteiger partial charge in [-0.05, 0) is 44.9 Å². The summed E-state index contributed by atoms with van der Waals surface area (Å²) in [6, 6.07) is -0.997. The predicted molar refractivity (Wildman–Crippen MR) is 439 cm³/mol. The first-order valence-corrected chi connectivity index (χ1v) is 45.7. The molecule has 0 saturated carbocycles. The number of aliphatic hydroxyl groups is 11. The molecule has 17 unspecified atom stereocenters. The van der Waals surface area contributed by atoms with E-state index >= 15 is 0 Å². The zero-order valence-electron chi connectivity index (χ0n) is 69.3. The van der Waals surface area contributed by atoms with E-state index in [0.29, 0.717) is 12.8 Å². The van der Waals surface area contributed by atoms with Crippen LogP contribution in [0.15, 0.2) is 36.5 Å². The number of allylic oxidation sites excluding steroid dienone is 5. The van der Waals surface area contributed by atoms with Gasteiger partial charge < -0.3 is 89.9 Å². The molecule has 0 aromatic carbocycles. The van der Waals surface area contributed by atoms with Gasteiger partial charge in [0.25, 0.3) is 0 Å². The maximum absolute atomic E-state index is 13.5. The second-order valence-electron chi connectivity index (χ2n) is 32.8. The molecule has 3 aliphatic rings. The minimum absolute atomic E-state index is 0.237. The normalized spacial score (nSPS) is 25.4. The van der Waals surface area contributed by atoms with Gasteiger partial charge in [0.05, 0.1) is 38.6 Å². The molecule has 1 amide bonds. The Labute approximate surface area is 663 Å². The van der Waals surface area contributed by atoms with E-state index < -0.39 is 124 Å². The van der Waals surface area contributed by atoms with Crippen molar-refractivity contribution < 1.29 is 89.4 Å². The summed E-state index contributed by atoms with van der Waals surface area (Å²) < 4.78 is 34.5. The summed E-state index contributed by atoms with van der Waals surface area (Å²) in [6.45, 7) is 1.78. The molecule has 0 aromatic heterocycles. The van der Waals surface area contributed by atoms with Crippen molar-refractivity contribution in [3.8, 4) is 0 Å². The molecule has 3 saturated heterocycles. The van der Waals surface area contributed by atoms with E-state index in [1.165, 1.54) is 321 Å². The number of hydrogen-bond acceptors (Lipinski definition) is 18. The van der Waals surface area contributed by atoms with Gasteiger partial charge in [0, 0.05) is 6.42 Å². The van der Waals surface area contributed by atoms with Crippen LogP contribution in [0.5, 0.6) is 0 Å². The molecule has 642 valence electrons. The van der Waals surface area contributed by atoms with Gasteiger partial charge >= 0.3 is 0 Å². The van der Waals surface area contributed by atoms with Crippen molar-refractivity contribution in [3.05, 3.63) is 36.5 Å². The van der Waals surface area contributed by atoms with Crippen molar-refractivity contribution in [1.82, 2.24) is 5.32 Å². The van der Waals surface area contributed by atoms with Gasteiger partial charge in [0.15, 0.2) is 18.9 Å². The molecule has 0 aliphatic carbocycles. The zero-order valence-corrected chi connectivity index (χ0v) is 69.3. The Morgan fingerprint density at radius 2 is 0.587 bits per heavy atom. The highest BCUT2D eigenvalue weighted by molar-refractivity contribution is 5.76. The quantitative estimate of drug-likeness (QED) is 0.0199. The van der Waals surface area contributed by atoms with E-state index in [0.717, 1.165) is 44.9 Å². The van der Waals surface area contributed by atoms with Crippen LogP contribution in [0.25, 0.3) is 0 Å². The van der Waals surface area contributed by atoms with E-state index in [9.17, 15) is 61.0 Å². The van der Waals surface area contributed by atoms with Crippen LogP contribution in [0.4, 0.5) is 0 Å². The molecular weight excluding hydrogens is 1380 g/mol. The first kappa shape index (κ1) is 101. The number of nitrogens with one attached hydrogen (secondary N) is 1. The van der Waals surface area contributed by atoms with Crippen LogP contribution in [0.2, 0.25) is 0 Å². The first-order chi connectivity index (χ1) is 53.3. The second-order valence-corrected chi connectivity index (χ2v) is 32.8. The lowest BCUT2D eigenvalue weighted by molar-refractivity contribution is -0.379. The molecule has 3 heterocycles. The fourth-order valence-electron chi connectivity index (χ4n) is 15.6. The number of carbonyl (C=O) groups excluding carboxylic acids is 1. The highest BCUT2D eigenvalue weighted by Gasteiger charge is 2.54. The lowest BCUT2D eigenvalue weighted by Gasteiger charge is -2.48. The van der Waals surface area contributed by atoms with Crippen LogP contribution in [-0.2, 0) is 33.2 Å². The first-order valence-electron chi connectivity index (χ1n) is 45.7. The number of hydrogen-bond donors (Lipinski definition) is 12. The van der Waals surface area contributed by atoms with Crippen LogP contribution < -0.4 is 5.32 Å². The van der Waals surface area contributed by atoms with Gasteiger partial charge in [0.2, 0.25) is 5.91 Å². The van der Waals surface area contributed by atoms with Gasteiger partial charge in [-0.2, -0.15) is 0 Å². The fraction of sp³-hybridized carbons (Fsp3) is 0.922. The molecule has 0 spiro atoms. The maximum atomic E-state index is 13.5. The summed E-state index contributed by atoms with van der Waals surface area (Å²) in [5.74, 6) is -0.281. The third-order valence-electron chi connectivity index (χ3n) is 22.9. The van der Waals surface area contributed by atoms with Crippen molar-refractivity contribution in [2.45, 2.75) is 503 Å². The Morgan fingerprint density at radius 3 is 0.917 bits per heavy atom. The third kappa shape index (κ3) is 49.0. The molecule has 19 nitrogen and oxygen atoms in total. The largest absolute Gasteiger partial charge is 0.394 e. The summed E-state index contributed by atoms with van der Waals surface area (Å²) in [7, 11) is 0. The molecule has 109 heavy (non-hydrogen) atoms. The van der Waals surface area contributed by atoms with Crippen LogP contribution in [0, 0.1) is 0 Å². The van der Waals surface area contributed by atoms with Gasteiger partial charge in [-0.25, -0.2) is 0 Å². The summed E-state index contributed by atoms with van der Waals surface area (Å²) in [6.07, 6.45) is 63.3. The Hall–Kier alpha value is -1.99. The van der Waals surface area contributed by atoms with Gasteiger partial charge in [-0.1, -0.05) is 384 Å². The number of amides is 1. The lowest BCUT2D eigenvalue weighted by Crippen LogP contribution is -2.66. The fourth-order valence-corrected chi connectivity index (χ4v) is 15.6. The Bertz CT molecular complexity index is 2100. The Morgan fingerprint density at radius 1 is 0.321 bits per heavy atom. The number of carbonyl (C=O) groups is 1. The summed E-state index contributed by atoms with van der Waals surface area (Å²) >= 11 is 0. The zero-order chi connectivity index (χ0) is 78.8. The molecule has 12 N–H and O–H groups in total. The molecule has 3 aliphatic heterocycles. The van der Waals surface area contributed by atoms with Crippen LogP contribution in [0.1, 0.15) is 399 Å². The standard InChI is InChI=1S/C90H169NO18/c1-3-5-7-9-11-13-15-17-19-21-23-25-27-29-30-31-32-33-34-35-36-37-38-39-40-41-42-44-46-48-50-52-54-56-58-60-62-64-66-68-78(96)91-73(74(95)67-65-63-61-59-57-55-53-51-49-47-45-43-28-26-24-22-20-18-16-14-12-10-8-6-4-2)72-104-88-84(102)81(99)86(76(70-93)106-88)109-90-85(103)82(100)87(77(71-94)107-90)108-89-83(101)80(98)79(97)75(69-92)105-89/h49,51,57,59,65,67,73-77,79-90,92-95,97-103H,3-48,50,52-56,58,60-64,66,68-72H2,1-2H3,(H,91,96)/b51-49+,59-57+,67-65+. The molecule has 0 radical (unpaired) electrons. The van der Waals surface area contributed by atoms with E-state index in [2.05, 4.69) is 43.5 Å². The average Bonchev–Trinajstić information content (AvgIpc) is 0.784. The molecule has 19 heteroatoms. The van der Waals surface area contributed by atoms with Crippen LogP contribution >= 0.6 is 0 Å². The van der Waals surface area contributed by atoms with Crippen molar-refractivity contribution >= 4 is 5.91 Å². The highest BCUT2D eigenvalue weighted by Crippen LogP contribution is 2.34. The molecular formula is C90H169NO18. The number of ether oxygens (including phenoxy) is 6.